The van der Waals surface area contributed by atoms with Gasteiger partial charge in [0.05, 0.1) is 5.92 Å². The van der Waals surface area contributed by atoms with E-state index >= 15 is 0 Å². The molecule has 120 valence electrons. The van der Waals surface area contributed by atoms with E-state index in [-0.39, 0.29) is 19.0 Å². The summed E-state index contributed by atoms with van der Waals surface area (Å²) >= 11 is 0. The maximum atomic E-state index is 12.3. The van der Waals surface area contributed by atoms with Gasteiger partial charge in [-0.1, -0.05) is 30.3 Å². The third kappa shape index (κ3) is 3.53. The molecule has 2 heterocycles. The Morgan fingerprint density at radius 1 is 1.26 bits per heavy atom. The van der Waals surface area contributed by atoms with Gasteiger partial charge in [0, 0.05) is 18.7 Å². The Morgan fingerprint density at radius 2 is 2.04 bits per heavy atom. The molecule has 1 aliphatic rings. The molecule has 1 aromatic carbocycles. The average molecular weight is 315 g/mol. The number of benzene rings is 1. The van der Waals surface area contributed by atoms with Crippen LogP contribution in [0.5, 0.6) is 0 Å². The highest BCUT2D eigenvalue weighted by Crippen LogP contribution is 2.17. The normalized spacial score (nSPS) is 17.9. The standard InChI is InChI=1S/C15H17N5O3/c21-13(19-8-4-7-12(9-19)15(22)23)10-20-17-14(16-18-20)11-5-2-1-3-6-11/h1-3,5-6,12H,4,7-10H2,(H,22,23). The molecule has 1 saturated heterocycles. The number of hydrogen-bond donors (Lipinski definition) is 1. The number of aromatic nitrogens is 4. The average Bonchev–Trinajstić information content (AvgIpc) is 3.04. The number of rotatable bonds is 4. The van der Waals surface area contributed by atoms with E-state index < -0.39 is 11.9 Å². The molecular weight excluding hydrogens is 298 g/mol. The molecule has 3 rings (SSSR count). The topological polar surface area (TPSA) is 101 Å². The maximum Gasteiger partial charge on any atom is 0.308 e. The Morgan fingerprint density at radius 3 is 2.78 bits per heavy atom. The van der Waals surface area contributed by atoms with Crippen LogP contribution in [0.1, 0.15) is 12.8 Å². The van der Waals surface area contributed by atoms with Gasteiger partial charge < -0.3 is 10.0 Å². The van der Waals surface area contributed by atoms with Crippen molar-refractivity contribution in [2.24, 2.45) is 5.92 Å². The molecule has 0 bridgehead atoms. The lowest BCUT2D eigenvalue weighted by Crippen LogP contribution is -2.43. The van der Waals surface area contributed by atoms with E-state index in [2.05, 4.69) is 15.4 Å². The predicted molar refractivity (Wildman–Crippen MR) is 80.2 cm³/mol. The summed E-state index contributed by atoms with van der Waals surface area (Å²) in [5, 5.41) is 21.1. The highest BCUT2D eigenvalue weighted by molar-refractivity contribution is 5.77. The van der Waals surface area contributed by atoms with E-state index in [1.54, 1.807) is 4.90 Å². The number of amides is 1. The number of likely N-dealkylation sites (tertiary alicyclic amines) is 1. The van der Waals surface area contributed by atoms with Crippen molar-refractivity contribution in [2.75, 3.05) is 13.1 Å². The minimum atomic E-state index is -0.854. The van der Waals surface area contributed by atoms with Gasteiger partial charge in [-0.05, 0) is 18.1 Å². The molecule has 1 unspecified atom stereocenters. The number of carboxylic acid groups (broad SMARTS) is 1. The molecular formula is C15H17N5O3. The van der Waals surface area contributed by atoms with Crippen molar-refractivity contribution >= 4 is 11.9 Å². The van der Waals surface area contributed by atoms with Gasteiger partial charge >= 0.3 is 5.97 Å². The van der Waals surface area contributed by atoms with Gasteiger partial charge in [-0.2, -0.15) is 4.80 Å². The van der Waals surface area contributed by atoms with Gasteiger partial charge in [-0.25, -0.2) is 0 Å². The molecule has 23 heavy (non-hydrogen) atoms. The van der Waals surface area contributed by atoms with Crippen LogP contribution in [0, 0.1) is 5.92 Å². The van der Waals surface area contributed by atoms with Gasteiger partial charge in [0.15, 0.2) is 0 Å². The van der Waals surface area contributed by atoms with Crippen molar-refractivity contribution < 1.29 is 14.7 Å². The van der Waals surface area contributed by atoms with E-state index in [9.17, 15) is 9.59 Å². The molecule has 1 atom stereocenters. The SMILES string of the molecule is O=C(O)C1CCCN(C(=O)Cn2nnc(-c3ccccc3)n2)C1. The summed E-state index contributed by atoms with van der Waals surface area (Å²) in [5.74, 6) is -1.07. The van der Waals surface area contributed by atoms with Crippen LogP contribution in [0.25, 0.3) is 11.4 Å². The summed E-state index contributed by atoms with van der Waals surface area (Å²) in [5.41, 5.74) is 0.829. The lowest BCUT2D eigenvalue weighted by Gasteiger charge is -2.30. The first kappa shape index (κ1) is 15.1. The number of nitrogens with zero attached hydrogens (tertiary/aromatic N) is 5. The Bertz CT molecular complexity index is 700. The monoisotopic (exact) mass is 315 g/mol. The van der Waals surface area contributed by atoms with Crippen LogP contribution in [0.15, 0.2) is 30.3 Å². The van der Waals surface area contributed by atoms with E-state index in [1.807, 2.05) is 30.3 Å². The van der Waals surface area contributed by atoms with Gasteiger partial charge in [0.2, 0.25) is 11.7 Å². The van der Waals surface area contributed by atoms with Crippen molar-refractivity contribution in [1.82, 2.24) is 25.1 Å². The molecule has 1 amide bonds. The first-order valence-electron chi connectivity index (χ1n) is 7.47. The molecule has 0 radical (unpaired) electrons. The number of hydrogen-bond acceptors (Lipinski definition) is 5. The summed E-state index contributed by atoms with van der Waals surface area (Å²) in [7, 11) is 0. The van der Waals surface area contributed by atoms with Gasteiger partial charge in [0.25, 0.3) is 0 Å². The third-order valence-electron chi connectivity index (χ3n) is 3.88. The summed E-state index contributed by atoms with van der Waals surface area (Å²) in [6.07, 6.45) is 1.31. The van der Waals surface area contributed by atoms with E-state index in [0.717, 1.165) is 5.56 Å². The van der Waals surface area contributed by atoms with E-state index in [0.29, 0.717) is 25.2 Å². The molecule has 1 N–H and O–H groups in total. The zero-order valence-corrected chi connectivity index (χ0v) is 12.5. The van der Waals surface area contributed by atoms with Crippen molar-refractivity contribution in [1.29, 1.82) is 0 Å². The highest BCUT2D eigenvalue weighted by Gasteiger charge is 2.28. The number of tetrazole rings is 1. The van der Waals surface area contributed by atoms with Crippen LogP contribution >= 0.6 is 0 Å². The van der Waals surface area contributed by atoms with Crippen molar-refractivity contribution in [3.63, 3.8) is 0 Å². The third-order valence-corrected chi connectivity index (χ3v) is 3.88. The van der Waals surface area contributed by atoms with E-state index in [4.69, 9.17) is 5.11 Å². The largest absolute Gasteiger partial charge is 0.481 e. The van der Waals surface area contributed by atoms with Crippen molar-refractivity contribution in [3.05, 3.63) is 30.3 Å². The summed E-state index contributed by atoms with van der Waals surface area (Å²) in [6.45, 7) is 0.781. The molecule has 8 nitrogen and oxygen atoms in total. The smallest absolute Gasteiger partial charge is 0.308 e. The van der Waals surface area contributed by atoms with Crippen molar-refractivity contribution in [2.45, 2.75) is 19.4 Å². The van der Waals surface area contributed by atoms with Crippen LogP contribution in [-0.4, -0.2) is 55.2 Å². The summed E-state index contributed by atoms with van der Waals surface area (Å²) < 4.78 is 0. The first-order chi connectivity index (χ1) is 11.1. The molecule has 8 heteroatoms. The van der Waals surface area contributed by atoms with Gasteiger partial charge in [0.1, 0.15) is 6.54 Å². The summed E-state index contributed by atoms with van der Waals surface area (Å²) in [6, 6.07) is 9.38. The van der Waals surface area contributed by atoms with Crippen LogP contribution in [0.3, 0.4) is 0 Å². The van der Waals surface area contributed by atoms with Crippen LogP contribution in [0.4, 0.5) is 0 Å². The fraction of sp³-hybridized carbons (Fsp3) is 0.400. The Hall–Kier alpha value is -2.77. The van der Waals surface area contributed by atoms with E-state index in [1.165, 1.54) is 4.80 Å². The Labute approximate surface area is 132 Å². The Kier molecular flexibility index (Phi) is 4.31. The van der Waals surface area contributed by atoms with Crippen LogP contribution < -0.4 is 0 Å². The molecule has 1 aromatic heterocycles. The highest BCUT2D eigenvalue weighted by atomic mass is 16.4. The fourth-order valence-corrected chi connectivity index (χ4v) is 2.64. The zero-order chi connectivity index (χ0) is 16.2. The lowest BCUT2D eigenvalue weighted by molar-refractivity contribution is -0.145. The molecule has 1 fully saturated rings. The minimum Gasteiger partial charge on any atom is -0.481 e. The van der Waals surface area contributed by atoms with Crippen molar-refractivity contribution in [3.8, 4) is 11.4 Å². The molecule has 2 aromatic rings. The molecule has 0 spiro atoms. The first-order valence-corrected chi connectivity index (χ1v) is 7.47. The number of piperidine rings is 1. The maximum absolute atomic E-state index is 12.3. The quantitative estimate of drug-likeness (QED) is 0.889. The second-order valence-corrected chi connectivity index (χ2v) is 5.53. The molecule has 1 aliphatic heterocycles. The second kappa shape index (κ2) is 6.55. The minimum absolute atomic E-state index is 0.0355. The van der Waals surface area contributed by atoms with Gasteiger partial charge in [-0.3, -0.25) is 9.59 Å². The number of aliphatic carboxylic acids is 1. The van der Waals surface area contributed by atoms with Crippen LogP contribution in [-0.2, 0) is 16.1 Å². The fourth-order valence-electron chi connectivity index (χ4n) is 2.64. The van der Waals surface area contributed by atoms with Crippen LogP contribution in [0.2, 0.25) is 0 Å². The second-order valence-electron chi connectivity index (χ2n) is 5.53. The number of carbonyl (C=O) groups excluding carboxylic acids is 1. The molecule has 0 saturated carbocycles. The summed E-state index contributed by atoms with van der Waals surface area (Å²) in [4.78, 5) is 26.2. The Balaban J connectivity index is 1.64. The van der Waals surface area contributed by atoms with Gasteiger partial charge in [-0.15, -0.1) is 10.2 Å². The zero-order valence-electron chi connectivity index (χ0n) is 12.5. The number of carboxylic acids is 1. The number of carbonyl (C=O) groups is 2. The predicted octanol–water partition coefficient (Wildman–Crippen LogP) is 0.663. The lowest BCUT2D eigenvalue weighted by atomic mass is 9.98. The molecule has 0 aliphatic carbocycles.